The van der Waals surface area contributed by atoms with Gasteiger partial charge in [-0.15, -0.1) is 0 Å². The van der Waals surface area contributed by atoms with Crippen LogP contribution in [0, 0.1) is 0 Å². The number of rotatable bonds is 6. The molecule has 0 bridgehead atoms. The quantitative estimate of drug-likeness (QED) is 0.785. The molecule has 0 N–H and O–H groups in total. The van der Waals surface area contributed by atoms with Gasteiger partial charge in [0.1, 0.15) is 0 Å². The van der Waals surface area contributed by atoms with Crippen molar-refractivity contribution in [2.45, 2.75) is 51.5 Å². The maximum atomic E-state index is 5.42. The third-order valence-corrected chi connectivity index (χ3v) is 4.07. The third-order valence-electron chi connectivity index (χ3n) is 4.07. The molecule has 0 spiro atoms. The fourth-order valence-corrected chi connectivity index (χ4v) is 3.18. The van der Waals surface area contributed by atoms with Crippen molar-refractivity contribution in [3.05, 3.63) is 23.3 Å². The molecule has 1 aliphatic rings. The lowest BCUT2D eigenvalue weighted by molar-refractivity contribution is 0.345. The summed E-state index contributed by atoms with van der Waals surface area (Å²) in [6, 6.07) is 4.14. The normalized spacial score (nSPS) is 15.8. The Balaban J connectivity index is 2.38. The Morgan fingerprint density at radius 2 is 1.65 bits per heavy atom. The zero-order chi connectivity index (χ0) is 14.6. The molecule has 3 nitrogen and oxygen atoms in total. The molecule has 0 radical (unpaired) electrons. The second kappa shape index (κ2) is 6.29. The van der Waals surface area contributed by atoms with Crippen molar-refractivity contribution in [3.8, 4) is 11.5 Å². The predicted molar refractivity (Wildman–Crippen MR) is 83.4 cm³/mol. The summed E-state index contributed by atoms with van der Waals surface area (Å²) in [5.41, 5.74) is 2.56. The van der Waals surface area contributed by atoms with Gasteiger partial charge in [-0.1, -0.05) is 26.7 Å². The fourth-order valence-electron chi connectivity index (χ4n) is 3.18. The minimum Gasteiger partial charge on any atom is -0.493 e. The molecule has 0 atom stereocenters. The van der Waals surface area contributed by atoms with Gasteiger partial charge in [0.25, 0.3) is 0 Å². The number of aliphatic imine (C=N–C) groups is 1. The largest absolute Gasteiger partial charge is 0.493 e. The second-order valence-electron chi connectivity index (χ2n) is 5.57. The molecule has 1 aromatic carbocycles. The van der Waals surface area contributed by atoms with E-state index in [0.29, 0.717) is 0 Å². The SMILES string of the molecule is CCCC1(CCC)Cc2cc(OC)c(OC)cc2C=N1. The number of nitrogens with zero attached hydrogens (tertiary/aromatic N) is 1. The van der Waals surface area contributed by atoms with E-state index in [1.807, 2.05) is 12.3 Å². The molecule has 20 heavy (non-hydrogen) atoms. The van der Waals surface area contributed by atoms with Gasteiger partial charge in [0.2, 0.25) is 0 Å². The molecule has 0 aromatic heterocycles. The van der Waals surface area contributed by atoms with Crippen LogP contribution in [0.25, 0.3) is 0 Å². The van der Waals surface area contributed by atoms with Crippen LogP contribution in [0.15, 0.2) is 17.1 Å². The molecule has 110 valence electrons. The van der Waals surface area contributed by atoms with Gasteiger partial charge < -0.3 is 9.47 Å². The van der Waals surface area contributed by atoms with Crippen molar-refractivity contribution in [1.82, 2.24) is 0 Å². The van der Waals surface area contributed by atoms with Gasteiger partial charge in [-0.3, -0.25) is 4.99 Å². The summed E-state index contributed by atoms with van der Waals surface area (Å²) in [5, 5.41) is 0. The standard InChI is InChI=1S/C17H25NO2/c1-5-7-17(8-6-2)11-13-9-15(19-3)16(20-4)10-14(13)12-18-17/h9-10,12H,5-8,11H2,1-4H3. The predicted octanol–water partition coefficient (Wildman–Crippen LogP) is 4.02. The molecular formula is C17H25NO2. The van der Waals surface area contributed by atoms with E-state index in [9.17, 15) is 0 Å². The van der Waals surface area contributed by atoms with Gasteiger partial charge in [0.15, 0.2) is 11.5 Å². The van der Waals surface area contributed by atoms with Crippen LogP contribution in [0.2, 0.25) is 0 Å². The lowest BCUT2D eigenvalue weighted by Crippen LogP contribution is -2.32. The molecule has 1 aromatic rings. The summed E-state index contributed by atoms with van der Waals surface area (Å²) in [7, 11) is 3.36. The van der Waals surface area contributed by atoms with Gasteiger partial charge in [-0.05, 0) is 42.5 Å². The molecule has 2 rings (SSSR count). The Hall–Kier alpha value is -1.51. The van der Waals surface area contributed by atoms with E-state index in [1.54, 1.807) is 14.2 Å². The molecule has 1 aliphatic heterocycles. The number of methoxy groups -OCH3 is 2. The van der Waals surface area contributed by atoms with Crippen LogP contribution in [-0.2, 0) is 6.42 Å². The van der Waals surface area contributed by atoms with Crippen LogP contribution in [-0.4, -0.2) is 26.0 Å². The first-order valence-electron chi connectivity index (χ1n) is 7.48. The summed E-state index contributed by atoms with van der Waals surface area (Å²) < 4.78 is 10.8. The highest BCUT2D eigenvalue weighted by atomic mass is 16.5. The minimum absolute atomic E-state index is 0.0795. The topological polar surface area (TPSA) is 30.8 Å². The molecule has 0 saturated carbocycles. The van der Waals surface area contributed by atoms with Crippen LogP contribution in [0.3, 0.4) is 0 Å². The minimum atomic E-state index is 0.0795. The lowest BCUT2D eigenvalue weighted by Gasteiger charge is -2.33. The van der Waals surface area contributed by atoms with E-state index in [2.05, 4.69) is 19.9 Å². The van der Waals surface area contributed by atoms with Crippen LogP contribution < -0.4 is 9.47 Å². The van der Waals surface area contributed by atoms with Crippen molar-refractivity contribution in [2.75, 3.05) is 14.2 Å². The highest BCUT2D eigenvalue weighted by Crippen LogP contribution is 2.37. The second-order valence-corrected chi connectivity index (χ2v) is 5.57. The van der Waals surface area contributed by atoms with Gasteiger partial charge in [0.05, 0.1) is 19.8 Å². The van der Waals surface area contributed by atoms with Gasteiger partial charge in [-0.25, -0.2) is 0 Å². The van der Waals surface area contributed by atoms with E-state index >= 15 is 0 Å². The molecule has 1 heterocycles. The summed E-state index contributed by atoms with van der Waals surface area (Å²) >= 11 is 0. The zero-order valence-corrected chi connectivity index (χ0v) is 13.0. The average molecular weight is 275 g/mol. The molecule has 3 heteroatoms. The Labute approximate surface area is 122 Å². The van der Waals surface area contributed by atoms with Crippen molar-refractivity contribution in [2.24, 2.45) is 4.99 Å². The van der Waals surface area contributed by atoms with E-state index in [4.69, 9.17) is 14.5 Å². The van der Waals surface area contributed by atoms with Gasteiger partial charge >= 0.3 is 0 Å². The molecule has 0 amide bonds. The van der Waals surface area contributed by atoms with Crippen molar-refractivity contribution < 1.29 is 9.47 Å². The highest BCUT2D eigenvalue weighted by Gasteiger charge is 2.31. The van der Waals surface area contributed by atoms with E-state index in [-0.39, 0.29) is 5.54 Å². The first kappa shape index (κ1) is 14.9. The maximum Gasteiger partial charge on any atom is 0.161 e. The molecule has 0 fully saturated rings. The molecule has 0 saturated heterocycles. The smallest absolute Gasteiger partial charge is 0.161 e. The molecular weight excluding hydrogens is 250 g/mol. The van der Waals surface area contributed by atoms with Crippen LogP contribution in [0.1, 0.15) is 50.7 Å². The average Bonchev–Trinajstić information content (AvgIpc) is 2.46. The van der Waals surface area contributed by atoms with E-state index in [1.165, 1.54) is 18.4 Å². The Morgan fingerprint density at radius 3 is 2.20 bits per heavy atom. The number of hydrogen-bond donors (Lipinski definition) is 0. The Kier molecular flexibility index (Phi) is 4.69. The third kappa shape index (κ3) is 2.82. The first-order chi connectivity index (χ1) is 9.68. The molecule has 0 unspecified atom stereocenters. The van der Waals surface area contributed by atoms with Gasteiger partial charge in [-0.2, -0.15) is 0 Å². The monoisotopic (exact) mass is 275 g/mol. The van der Waals surface area contributed by atoms with Crippen LogP contribution in [0.4, 0.5) is 0 Å². The Morgan fingerprint density at radius 1 is 1.05 bits per heavy atom. The van der Waals surface area contributed by atoms with Crippen LogP contribution in [0.5, 0.6) is 11.5 Å². The highest BCUT2D eigenvalue weighted by molar-refractivity contribution is 5.85. The lowest BCUT2D eigenvalue weighted by atomic mass is 9.80. The summed E-state index contributed by atoms with van der Waals surface area (Å²) in [6.45, 7) is 4.47. The summed E-state index contributed by atoms with van der Waals surface area (Å²) in [4.78, 5) is 4.89. The van der Waals surface area contributed by atoms with Crippen molar-refractivity contribution in [1.29, 1.82) is 0 Å². The van der Waals surface area contributed by atoms with Crippen molar-refractivity contribution in [3.63, 3.8) is 0 Å². The number of benzene rings is 1. The number of hydrogen-bond acceptors (Lipinski definition) is 3. The van der Waals surface area contributed by atoms with E-state index < -0.39 is 0 Å². The van der Waals surface area contributed by atoms with Gasteiger partial charge in [0, 0.05) is 6.21 Å². The maximum absolute atomic E-state index is 5.42. The summed E-state index contributed by atoms with van der Waals surface area (Å²) in [6.07, 6.45) is 7.64. The van der Waals surface area contributed by atoms with Crippen LogP contribution >= 0.6 is 0 Å². The first-order valence-corrected chi connectivity index (χ1v) is 7.48. The zero-order valence-electron chi connectivity index (χ0n) is 13.0. The number of fused-ring (bicyclic) bond motifs is 1. The Bertz CT molecular complexity index is 488. The number of ether oxygens (including phenoxy) is 2. The van der Waals surface area contributed by atoms with Crippen molar-refractivity contribution >= 4 is 6.21 Å². The van der Waals surface area contributed by atoms with E-state index in [0.717, 1.165) is 36.3 Å². The summed E-state index contributed by atoms with van der Waals surface area (Å²) in [5.74, 6) is 1.58. The molecule has 0 aliphatic carbocycles. The fraction of sp³-hybridized carbons (Fsp3) is 0.588.